The lowest BCUT2D eigenvalue weighted by Crippen LogP contribution is -2.45. The van der Waals surface area contributed by atoms with Crippen LogP contribution in [0.2, 0.25) is 0 Å². The Morgan fingerprint density at radius 3 is 2.00 bits per heavy atom. The number of benzene rings is 2. The Kier molecular flexibility index (Phi) is 7.69. The first-order valence-electron chi connectivity index (χ1n) is 9.44. The molecule has 0 radical (unpaired) electrons. The summed E-state index contributed by atoms with van der Waals surface area (Å²) in [6, 6.07) is 19.3. The first-order valence-corrected chi connectivity index (χ1v) is 9.97. The Hall–Kier alpha value is -1.35. The van der Waals surface area contributed by atoms with E-state index in [0.717, 1.165) is 12.0 Å². The van der Waals surface area contributed by atoms with Gasteiger partial charge in [0.2, 0.25) is 0 Å². The molecule has 3 heteroatoms. The third kappa shape index (κ3) is 5.84. The Morgan fingerprint density at radius 1 is 0.923 bits per heavy atom. The van der Waals surface area contributed by atoms with E-state index in [1.807, 2.05) is 0 Å². The molecule has 2 aromatic carbocycles. The van der Waals surface area contributed by atoms with Crippen LogP contribution in [-0.2, 0) is 17.1 Å². The number of nitrogens with zero attached hydrogens (tertiary/aromatic N) is 1. The highest BCUT2D eigenvalue weighted by molar-refractivity contribution is 6.17. The van der Waals surface area contributed by atoms with Crippen LogP contribution in [0.4, 0.5) is 0 Å². The standard InChI is InChI=1S/C23H32ClNO/c1-18(2)22(21-9-7-6-8-10-21)25(23(3,4)5)26-16-15-19-11-13-20(17-24)14-12-19/h6-14,18,22H,15-17H2,1-5H3. The zero-order valence-electron chi connectivity index (χ0n) is 16.7. The van der Waals surface area contributed by atoms with E-state index in [0.29, 0.717) is 18.4 Å². The van der Waals surface area contributed by atoms with Gasteiger partial charge >= 0.3 is 0 Å². The van der Waals surface area contributed by atoms with Gasteiger partial charge in [0.25, 0.3) is 0 Å². The normalized spacial score (nSPS) is 13.4. The van der Waals surface area contributed by atoms with Crippen molar-refractivity contribution in [2.75, 3.05) is 6.61 Å². The largest absolute Gasteiger partial charge is 0.298 e. The Morgan fingerprint density at radius 2 is 1.50 bits per heavy atom. The van der Waals surface area contributed by atoms with Crippen molar-refractivity contribution in [3.8, 4) is 0 Å². The molecule has 0 saturated carbocycles. The summed E-state index contributed by atoms with van der Waals surface area (Å²) in [6.45, 7) is 11.8. The van der Waals surface area contributed by atoms with Gasteiger partial charge in [-0.3, -0.25) is 4.84 Å². The van der Waals surface area contributed by atoms with Crippen molar-refractivity contribution in [2.45, 2.75) is 58.5 Å². The summed E-state index contributed by atoms with van der Waals surface area (Å²) < 4.78 is 0. The molecule has 0 spiro atoms. The van der Waals surface area contributed by atoms with Crippen LogP contribution in [0.1, 0.15) is 57.4 Å². The van der Waals surface area contributed by atoms with E-state index < -0.39 is 0 Å². The van der Waals surface area contributed by atoms with Crippen LogP contribution < -0.4 is 0 Å². The van der Waals surface area contributed by atoms with Crippen molar-refractivity contribution in [2.24, 2.45) is 5.92 Å². The van der Waals surface area contributed by atoms with Crippen LogP contribution in [0.15, 0.2) is 54.6 Å². The number of halogens is 1. The number of hydroxylamine groups is 2. The van der Waals surface area contributed by atoms with Crippen molar-refractivity contribution in [3.05, 3.63) is 71.3 Å². The molecule has 2 aromatic rings. The molecular formula is C23H32ClNO. The third-order valence-electron chi connectivity index (χ3n) is 4.48. The van der Waals surface area contributed by atoms with Gasteiger partial charge in [-0.1, -0.05) is 68.4 Å². The van der Waals surface area contributed by atoms with Gasteiger partial charge in [0.05, 0.1) is 12.6 Å². The fraction of sp³-hybridized carbons (Fsp3) is 0.478. The first kappa shape index (κ1) is 21.0. The second-order valence-electron chi connectivity index (χ2n) is 8.13. The lowest BCUT2D eigenvalue weighted by atomic mass is 9.92. The Bertz CT molecular complexity index is 646. The summed E-state index contributed by atoms with van der Waals surface area (Å²) in [5.74, 6) is 1.00. The van der Waals surface area contributed by atoms with Crippen LogP contribution in [0.25, 0.3) is 0 Å². The van der Waals surface area contributed by atoms with Crippen molar-refractivity contribution in [1.29, 1.82) is 0 Å². The van der Waals surface area contributed by atoms with Crippen molar-refractivity contribution in [3.63, 3.8) is 0 Å². The lowest BCUT2D eigenvalue weighted by molar-refractivity contribution is -0.245. The minimum Gasteiger partial charge on any atom is -0.298 e. The highest BCUT2D eigenvalue weighted by atomic mass is 35.5. The minimum atomic E-state index is -0.0900. The molecule has 0 aliphatic carbocycles. The summed E-state index contributed by atoms with van der Waals surface area (Å²) in [7, 11) is 0. The maximum Gasteiger partial charge on any atom is 0.0726 e. The molecule has 0 saturated heterocycles. The van der Waals surface area contributed by atoms with Crippen molar-refractivity contribution >= 4 is 11.6 Å². The van der Waals surface area contributed by atoms with E-state index in [4.69, 9.17) is 16.4 Å². The van der Waals surface area contributed by atoms with E-state index in [-0.39, 0.29) is 11.6 Å². The third-order valence-corrected chi connectivity index (χ3v) is 4.79. The van der Waals surface area contributed by atoms with E-state index in [1.165, 1.54) is 11.1 Å². The zero-order chi connectivity index (χ0) is 19.2. The average Bonchev–Trinajstić information content (AvgIpc) is 2.61. The van der Waals surface area contributed by atoms with Crippen molar-refractivity contribution < 1.29 is 4.84 Å². The van der Waals surface area contributed by atoms with Gasteiger partial charge in [-0.25, -0.2) is 0 Å². The summed E-state index contributed by atoms with van der Waals surface area (Å²) in [4.78, 5) is 6.35. The second-order valence-corrected chi connectivity index (χ2v) is 8.40. The van der Waals surface area contributed by atoms with E-state index >= 15 is 0 Å². The molecule has 0 aliphatic rings. The fourth-order valence-electron chi connectivity index (χ4n) is 3.19. The van der Waals surface area contributed by atoms with Gasteiger partial charge in [-0.15, -0.1) is 11.6 Å². The molecule has 0 bridgehead atoms. The molecule has 142 valence electrons. The van der Waals surface area contributed by atoms with Crippen LogP contribution in [0.3, 0.4) is 0 Å². The van der Waals surface area contributed by atoms with Crippen LogP contribution in [0, 0.1) is 5.92 Å². The molecule has 26 heavy (non-hydrogen) atoms. The van der Waals surface area contributed by atoms with E-state index in [9.17, 15) is 0 Å². The van der Waals surface area contributed by atoms with Gasteiger partial charge < -0.3 is 0 Å². The lowest BCUT2D eigenvalue weighted by Gasteiger charge is -2.42. The average molecular weight is 374 g/mol. The fourth-order valence-corrected chi connectivity index (χ4v) is 3.37. The molecule has 0 heterocycles. The van der Waals surface area contributed by atoms with Crippen LogP contribution in [0.5, 0.6) is 0 Å². The number of hydrogen-bond acceptors (Lipinski definition) is 2. The predicted octanol–water partition coefficient (Wildman–Crippen LogP) is 6.40. The molecular weight excluding hydrogens is 342 g/mol. The van der Waals surface area contributed by atoms with Gasteiger partial charge in [-0.05, 0) is 49.8 Å². The minimum absolute atomic E-state index is 0.0900. The van der Waals surface area contributed by atoms with Gasteiger partial charge in [0.15, 0.2) is 0 Å². The predicted molar refractivity (Wildman–Crippen MR) is 111 cm³/mol. The second kappa shape index (κ2) is 9.55. The smallest absolute Gasteiger partial charge is 0.0726 e. The SMILES string of the molecule is CC(C)C(c1ccccc1)N(OCCc1ccc(CCl)cc1)C(C)(C)C. The first-order chi connectivity index (χ1) is 12.3. The Balaban J connectivity index is 2.10. The zero-order valence-corrected chi connectivity index (χ0v) is 17.5. The molecule has 0 amide bonds. The Labute approximate surface area is 164 Å². The molecule has 0 fully saturated rings. The monoisotopic (exact) mass is 373 g/mol. The summed E-state index contributed by atoms with van der Waals surface area (Å²) >= 11 is 5.87. The quantitative estimate of drug-likeness (QED) is 0.392. The summed E-state index contributed by atoms with van der Waals surface area (Å²) in [6.07, 6.45) is 0.884. The molecule has 1 unspecified atom stereocenters. The number of rotatable bonds is 8. The van der Waals surface area contributed by atoms with Gasteiger partial charge in [-0.2, -0.15) is 5.06 Å². The molecule has 1 atom stereocenters. The maximum absolute atomic E-state index is 6.35. The van der Waals surface area contributed by atoms with E-state index in [1.54, 1.807) is 0 Å². The molecule has 0 aromatic heterocycles. The van der Waals surface area contributed by atoms with Crippen LogP contribution >= 0.6 is 11.6 Å². The van der Waals surface area contributed by atoms with Gasteiger partial charge in [0.1, 0.15) is 0 Å². The molecule has 2 nitrogen and oxygen atoms in total. The summed E-state index contributed by atoms with van der Waals surface area (Å²) in [5.41, 5.74) is 3.63. The van der Waals surface area contributed by atoms with E-state index in [2.05, 4.69) is 94.3 Å². The molecule has 0 N–H and O–H groups in total. The van der Waals surface area contributed by atoms with Crippen molar-refractivity contribution in [1.82, 2.24) is 5.06 Å². The molecule has 0 aliphatic heterocycles. The number of hydrogen-bond donors (Lipinski definition) is 0. The molecule has 2 rings (SSSR count). The summed E-state index contributed by atoms with van der Waals surface area (Å²) in [5, 5.41) is 2.18. The number of alkyl halides is 1. The highest BCUT2D eigenvalue weighted by Gasteiger charge is 2.33. The maximum atomic E-state index is 6.35. The van der Waals surface area contributed by atoms with Crippen LogP contribution in [-0.4, -0.2) is 17.2 Å². The topological polar surface area (TPSA) is 12.5 Å². The van der Waals surface area contributed by atoms with Gasteiger partial charge in [0, 0.05) is 11.4 Å². The highest BCUT2D eigenvalue weighted by Crippen LogP contribution is 2.34.